The first-order chi connectivity index (χ1) is 13.2. The van der Waals surface area contributed by atoms with Gasteiger partial charge in [-0.25, -0.2) is 9.78 Å². The zero-order valence-electron chi connectivity index (χ0n) is 15.5. The number of carbonyl (C=O) groups is 1. The summed E-state index contributed by atoms with van der Waals surface area (Å²) in [7, 11) is 2.69. The van der Waals surface area contributed by atoms with Crippen molar-refractivity contribution >= 4 is 28.7 Å². The zero-order chi connectivity index (χ0) is 19.2. The summed E-state index contributed by atoms with van der Waals surface area (Å²) in [6, 6.07) is 5.57. The standard InChI is InChI=1S/C19H21N3O4S/c1-12-5-4-6-14(17(21-25-3)19(23)24-2)15(12)11-26-22-16(13-7-8-13)18-20-9-10-27-18/h4-6,9-10,13H,7-8,11H2,1-3H3/b21-17+,22-16+. The fourth-order valence-electron chi connectivity index (χ4n) is 2.66. The normalized spacial score (nSPS) is 14.8. The predicted octanol–water partition coefficient (Wildman–Crippen LogP) is 3.31. The summed E-state index contributed by atoms with van der Waals surface area (Å²) in [6.45, 7) is 2.14. The van der Waals surface area contributed by atoms with Crippen molar-refractivity contribution in [3.8, 4) is 0 Å². The Hall–Kier alpha value is -2.74. The maximum Gasteiger partial charge on any atom is 0.360 e. The van der Waals surface area contributed by atoms with Gasteiger partial charge in [-0.3, -0.25) is 0 Å². The molecule has 1 aliphatic rings. The van der Waals surface area contributed by atoms with Crippen molar-refractivity contribution in [3.63, 3.8) is 0 Å². The first-order valence-corrected chi connectivity index (χ1v) is 9.41. The number of methoxy groups -OCH3 is 1. The molecule has 1 saturated carbocycles. The molecule has 8 heteroatoms. The van der Waals surface area contributed by atoms with E-state index in [0.29, 0.717) is 11.5 Å². The minimum atomic E-state index is -0.575. The molecule has 3 rings (SSSR count). The van der Waals surface area contributed by atoms with Crippen LogP contribution in [0.3, 0.4) is 0 Å². The molecule has 0 unspecified atom stereocenters. The molecular weight excluding hydrogens is 366 g/mol. The number of rotatable bonds is 8. The number of nitrogens with zero attached hydrogens (tertiary/aromatic N) is 3. The highest BCUT2D eigenvalue weighted by Gasteiger charge is 2.31. The number of aryl methyl sites for hydroxylation is 1. The number of oxime groups is 2. The molecule has 142 valence electrons. The third kappa shape index (κ3) is 4.51. The molecule has 1 aliphatic carbocycles. The van der Waals surface area contributed by atoms with Crippen LogP contribution in [0.15, 0.2) is 40.1 Å². The van der Waals surface area contributed by atoms with Crippen LogP contribution in [0.4, 0.5) is 0 Å². The number of benzene rings is 1. The van der Waals surface area contributed by atoms with E-state index in [1.165, 1.54) is 14.2 Å². The van der Waals surface area contributed by atoms with Gasteiger partial charge in [-0.15, -0.1) is 11.3 Å². The van der Waals surface area contributed by atoms with Crippen LogP contribution in [0.2, 0.25) is 0 Å². The molecule has 0 bridgehead atoms. The largest absolute Gasteiger partial charge is 0.464 e. The maximum absolute atomic E-state index is 12.1. The van der Waals surface area contributed by atoms with Gasteiger partial charge < -0.3 is 14.4 Å². The van der Waals surface area contributed by atoms with E-state index in [4.69, 9.17) is 14.4 Å². The second-order valence-electron chi connectivity index (χ2n) is 6.08. The number of hydrogen-bond donors (Lipinski definition) is 0. The van der Waals surface area contributed by atoms with Gasteiger partial charge in [0.2, 0.25) is 0 Å². The molecule has 0 amide bonds. The molecule has 7 nitrogen and oxygen atoms in total. The minimum Gasteiger partial charge on any atom is -0.464 e. The maximum atomic E-state index is 12.1. The van der Waals surface area contributed by atoms with Gasteiger partial charge in [0, 0.05) is 28.6 Å². The predicted molar refractivity (Wildman–Crippen MR) is 103 cm³/mol. The summed E-state index contributed by atoms with van der Waals surface area (Å²) in [5.41, 5.74) is 3.34. The Kier molecular flexibility index (Phi) is 6.18. The van der Waals surface area contributed by atoms with Crippen molar-refractivity contribution < 1.29 is 19.2 Å². The van der Waals surface area contributed by atoms with Crippen LogP contribution in [-0.4, -0.2) is 36.6 Å². The lowest BCUT2D eigenvalue weighted by Crippen LogP contribution is -2.20. The molecule has 2 aromatic rings. The fourth-order valence-corrected chi connectivity index (χ4v) is 3.36. The number of ether oxygens (including phenoxy) is 1. The number of aromatic nitrogens is 1. The van der Waals surface area contributed by atoms with Crippen molar-refractivity contribution in [1.82, 2.24) is 4.98 Å². The van der Waals surface area contributed by atoms with Crippen LogP contribution >= 0.6 is 11.3 Å². The average molecular weight is 387 g/mol. The van der Waals surface area contributed by atoms with Crippen LogP contribution in [0, 0.1) is 12.8 Å². The van der Waals surface area contributed by atoms with Gasteiger partial charge >= 0.3 is 5.97 Å². The first-order valence-electron chi connectivity index (χ1n) is 8.53. The Morgan fingerprint density at radius 1 is 1.30 bits per heavy atom. The Balaban J connectivity index is 1.85. The van der Waals surface area contributed by atoms with Gasteiger partial charge in [-0.05, 0) is 25.3 Å². The summed E-state index contributed by atoms with van der Waals surface area (Å²) in [5, 5.41) is 11.0. The van der Waals surface area contributed by atoms with E-state index in [0.717, 1.165) is 34.7 Å². The summed E-state index contributed by atoms with van der Waals surface area (Å²) in [6.07, 6.45) is 3.97. The number of esters is 1. The lowest BCUT2D eigenvalue weighted by Gasteiger charge is -2.12. The van der Waals surface area contributed by atoms with Gasteiger partial charge in [0.05, 0.1) is 7.11 Å². The molecule has 0 radical (unpaired) electrons. The monoisotopic (exact) mass is 387 g/mol. The number of carbonyl (C=O) groups excluding carboxylic acids is 1. The topological polar surface area (TPSA) is 82.4 Å². The van der Waals surface area contributed by atoms with Crippen molar-refractivity contribution in [2.24, 2.45) is 16.2 Å². The molecule has 1 aromatic carbocycles. The molecule has 0 spiro atoms. The van der Waals surface area contributed by atoms with E-state index in [-0.39, 0.29) is 12.3 Å². The van der Waals surface area contributed by atoms with Gasteiger partial charge in [-0.2, -0.15) is 0 Å². The molecule has 1 fully saturated rings. The van der Waals surface area contributed by atoms with Crippen LogP contribution in [0.1, 0.15) is 34.5 Å². The number of thiazole rings is 1. The Morgan fingerprint density at radius 2 is 2.11 bits per heavy atom. The van der Waals surface area contributed by atoms with Crippen molar-refractivity contribution in [2.75, 3.05) is 14.2 Å². The van der Waals surface area contributed by atoms with E-state index in [9.17, 15) is 4.79 Å². The Bertz CT molecular complexity index is 858. The van der Waals surface area contributed by atoms with Crippen molar-refractivity contribution in [3.05, 3.63) is 51.5 Å². The molecule has 0 atom stereocenters. The molecule has 27 heavy (non-hydrogen) atoms. The van der Waals surface area contributed by atoms with E-state index in [1.807, 2.05) is 24.4 Å². The highest BCUT2D eigenvalue weighted by molar-refractivity contribution is 7.11. The second kappa shape index (κ2) is 8.77. The lowest BCUT2D eigenvalue weighted by molar-refractivity contribution is -0.132. The van der Waals surface area contributed by atoms with E-state index in [1.54, 1.807) is 23.6 Å². The zero-order valence-corrected chi connectivity index (χ0v) is 16.3. The van der Waals surface area contributed by atoms with Crippen LogP contribution < -0.4 is 0 Å². The summed E-state index contributed by atoms with van der Waals surface area (Å²) in [4.78, 5) is 26.9. The fraction of sp³-hybridized carbons (Fsp3) is 0.368. The van der Waals surface area contributed by atoms with E-state index >= 15 is 0 Å². The van der Waals surface area contributed by atoms with E-state index in [2.05, 4.69) is 15.3 Å². The highest BCUT2D eigenvalue weighted by Crippen LogP contribution is 2.34. The van der Waals surface area contributed by atoms with E-state index < -0.39 is 5.97 Å². The van der Waals surface area contributed by atoms with Gasteiger partial charge in [0.25, 0.3) is 0 Å². The summed E-state index contributed by atoms with van der Waals surface area (Å²) in [5.74, 6) is -0.165. The molecule has 0 N–H and O–H groups in total. The SMILES string of the molecule is CO/N=C(/C(=O)OC)c1cccc(C)c1CO/N=C(/c1nccs1)C1CC1. The molecule has 0 aliphatic heterocycles. The van der Waals surface area contributed by atoms with Gasteiger partial charge in [0.1, 0.15) is 24.4 Å². The highest BCUT2D eigenvalue weighted by atomic mass is 32.1. The third-order valence-corrected chi connectivity index (χ3v) is 5.01. The summed E-state index contributed by atoms with van der Waals surface area (Å²) >= 11 is 1.55. The Morgan fingerprint density at radius 3 is 2.74 bits per heavy atom. The van der Waals surface area contributed by atoms with Crippen LogP contribution in [-0.2, 0) is 25.8 Å². The van der Waals surface area contributed by atoms with Gasteiger partial charge in [0.15, 0.2) is 5.71 Å². The summed E-state index contributed by atoms with van der Waals surface area (Å²) < 4.78 is 4.82. The molecule has 1 heterocycles. The Labute approximate surface area is 161 Å². The number of hydrogen-bond acceptors (Lipinski definition) is 8. The van der Waals surface area contributed by atoms with Crippen LogP contribution in [0.5, 0.6) is 0 Å². The van der Waals surface area contributed by atoms with Crippen LogP contribution in [0.25, 0.3) is 0 Å². The van der Waals surface area contributed by atoms with Crippen molar-refractivity contribution in [1.29, 1.82) is 0 Å². The molecule has 1 aromatic heterocycles. The minimum absolute atomic E-state index is 0.0913. The second-order valence-corrected chi connectivity index (χ2v) is 6.97. The first kappa shape index (κ1) is 19.0. The average Bonchev–Trinajstić information content (AvgIpc) is 3.37. The quantitative estimate of drug-likeness (QED) is 0.394. The molecule has 0 saturated heterocycles. The van der Waals surface area contributed by atoms with Gasteiger partial charge in [-0.1, -0.05) is 28.5 Å². The van der Waals surface area contributed by atoms with Crippen molar-refractivity contribution in [2.45, 2.75) is 26.4 Å². The molecular formula is C19H21N3O4S. The lowest BCUT2D eigenvalue weighted by atomic mass is 9.99. The third-order valence-electron chi connectivity index (χ3n) is 4.21. The smallest absolute Gasteiger partial charge is 0.360 e.